The highest BCUT2D eigenvalue weighted by atomic mass is 16.5. The van der Waals surface area contributed by atoms with Gasteiger partial charge in [0, 0.05) is 23.9 Å². The Kier molecular flexibility index (Phi) is 3.92. The molecule has 0 radical (unpaired) electrons. The van der Waals surface area contributed by atoms with Crippen molar-refractivity contribution in [1.29, 1.82) is 0 Å². The normalized spacial score (nSPS) is 9.47. The van der Waals surface area contributed by atoms with Crippen LogP contribution >= 0.6 is 0 Å². The second kappa shape index (κ2) is 5.20. The molecule has 15 heavy (non-hydrogen) atoms. The second-order valence-electron chi connectivity index (χ2n) is 3.26. The molecule has 1 aromatic carbocycles. The van der Waals surface area contributed by atoms with Gasteiger partial charge in [-0.05, 0) is 13.0 Å². The van der Waals surface area contributed by atoms with Crippen LogP contribution in [-0.4, -0.2) is 13.0 Å². The second-order valence-corrected chi connectivity index (χ2v) is 3.26. The van der Waals surface area contributed by atoms with E-state index in [0.29, 0.717) is 5.57 Å². The average molecular weight is 205 g/mol. The van der Waals surface area contributed by atoms with Crippen molar-refractivity contribution in [2.24, 2.45) is 0 Å². The Morgan fingerprint density at radius 2 is 2.13 bits per heavy atom. The van der Waals surface area contributed by atoms with Gasteiger partial charge in [0.25, 0.3) is 0 Å². The maximum atomic E-state index is 11.2. The maximum Gasteiger partial charge on any atom is 0.333 e. The van der Waals surface area contributed by atoms with Gasteiger partial charge in [-0.1, -0.05) is 24.8 Å². The molecule has 0 aliphatic rings. The Morgan fingerprint density at radius 3 is 2.73 bits per heavy atom. The van der Waals surface area contributed by atoms with Crippen molar-refractivity contribution in [3.05, 3.63) is 42.0 Å². The molecule has 0 heterocycles. The third-order valence-electron chi connectivity index (χ3n) is 1.99. The van der Waals surface area contributed by atoms with Gasteiger partial charge in [0.2, 0.25) is 0 Å². The summed E-state index contributed by atoms with van der Waals surface area (Å²) < 4.78 is 5.05. The van der Waals surface area contributed by atoms with Gasteiger partial charge in [-0.3, -0.25) is 0 Å². The van der Waals surface area contributed by atoms with E-state index in [1.807, 2.05) is 31.3 Å². The van der Waals surface area contributed by atoms with Gasteiger partial charge in [-0.2, -0.15) is 0 Å². The molecule has 0 fully saturated rings. The number of ether oxygens (including phenoxy) is 1. The number of nitrogens with one attached hydrogen (secondary N) is 1. The van der Waals surface area contributed by atoms with Gasteiger partial charge < -0.3 is 10.1 Å². The number of rotatable bonds is 4. The van der Waals surface area contributed by atoms with Gasteiger partial charge in [0.05, 0.1) is 0 Å². The lowest BCUT2D eigenvalue weighted by Gasteiger charge is -2.09. The van der Waals surface area contributed by atoms with Crippen LogP contribution in [0, 0.1) is 0 Å². The number of hydrogen-bond donors (Lipinski definition) is 1. The summed E-state index contributed by atoms with van der Waals surface area (Å²) in [4.78, 5) is 11.2. The van der Waals surface area contributed by atoms with Crippen molar-refractivity contribution in [3.63, 3.8) is 0 Å². The molecule has 0 aliphatic heterocycles. The number of carbonyl (C=O) groups excluding carboxylic acids is 1. The minimum absolute atomic E-state index is 0.267. The summed E-state index contributed by atoms with van der Waals surface area (Å²) in [5.74, 6) is -0.360. The quantitative estimate of drug-likeness (QED) is 0.605. The number of benzene rings is 1. The van der Waals surface area contributed by atoms with E-state index >= 15 is 0 Å². The number of para-hydroxylation sites is 1. The number of anilines is 1. The Bertz CT molecular complexity index is 372. The summed E-state index contributed by atoms with van der Waals surface area (Å²) in [5.41, 5.74) is 2.33. The van der Waals surface area contributed by atoms with E-state index < -0.39 is 0 Å². The summed E-state index contributed by atoms with van der Waals surface area (Å²) in [6.45, 7) is 5.42. The van der Waals surface area contributed by atoms with Crippen molar-refractivity contribution in [3.8, 4) is 0 Å². The number of hydrogen-bond acceptors (Lipinski definition) is 3. The van der Waals surface area contributed by atoms with E-state index in [1.54, 1.807) is 6.92 Å². The van der Waals surface area contributed by atoms with Crippen LogP contribution in [0.3, 0.4) is 0 Å². The monoisotopic (exact) mass is 205 g/mol. The van der Waals surface area contributed by atoms with Crippen molar-refractivity contribution < 1.29 is 9.53 Å². The molecule has 0 amide bonds. The zero-order valence-corrected chi connectivity index (χ0v) is 9.04. The van der Waals surface area contributed by atoms with Crippen molar-refractivity contribution in [2.75, 3.05) is 12.4 Å². The molecule has 0 aliphatic carbocycles. The minimum Gasteiger partial charge on any atom is -0.457 e. The summed E-state index contributed by atoms with van der Waals surface area (Å²) in [7, 11) is 1.83. The first kappa shape index (κ1) is 11.3. The van der Waals surface area contributed by atoms with Crippen LogP contribution in [-0.2, 0) is 16.1 Å². The largest absolute Gasteiger partial charge is 0.457 e. The van der Waals surface area contributed by atoms with E-state index in [9.17, 15) is 4.79 Å². The fraction of sp³-hybridized carbons (Fsp3) is 0.250. The standard InChI is InChI=1S/C12H15NO2/c1-9(2)12(14)15-8-10-6-4-5-7-11(10)13-3/h4-7,13H,1,8H2,2-3H3. The lowest BCUT2D eigenvalue weighted by atomic mass is 10.2. The van der Waals surface area contributed by atoms with Crippen LogP contribution < -0.4 is 5.32 Å². The summed E-state index contributed by atoms with van der Waals surface area (Å²) >= 11 is 0. The molecule has 1 rings (SSSR count). The summed E-state index contributed by atoms with van der Waals surface area (Å²) in [6, 6.07) is 7.68. The minimum atomic E-state index is -0.360. The van der Waals surface area contributed by atoms with E-state index in [0.717, 1.165) is 11.3 Å². The number of carbonyl (C=O) groups is 1. The predicted molar refractivity (Wildman–Crippen MR) is 60.6 cm³/mol. The fourth-order valence-corrected chi connectivity index (χ4v) is 1.16. The molecular formula is C12H15NO2. The SMILES string of the molecule is C=C(C)C(=O)OCc1ccccc1NC. The first-order chi connectivity index (χ1) is 7.15. The smallest absolute Gasteiger partial charge is 0.333 e. The highest BCUT2D eigenvalue weighted by Gasteiger charge is 2.05. The van der Waals surface area contributed by atoms with Crippen LogP contribution in [0.2, 0.25) is 0 Å². The zero-order valence-electron chi connectivity index (χ0n) is 9.04. The van der Waals surface area contributed by atoms with Crippen LogP contribution in [0.1, 0.15) is 12.5 Å². The van der Waals surface area contributed by atoms with E-state index in [4.69, 9.17) is 4.74 Å². The first-order valence-electron chi connectivity index (χ1n) is 4.73. The number of esters is 1. The third-order valence-corrected chi connectivity index (χ3v) is 1.99. The summed E-state index contributed by atoms with van der Waals surface area (Å²) in [5, 5.41) is 3.03. The van der Waals surface area contributed by atoms with Gasteiger partial charge in [0.15, 0.2) is 0 Å². The third kappa shape index (κ3) is 3.13. The highest BCUT2D eigenvalue weighted by molar-refractivity contribution is 5.86. The molecule has 0 atom stereocenters. The lowest BCUT2D eigenvalue weighted by Crippen LogP contribution is -2.06. The van der Waals surface area contributed by atoms with E-state index in [-0.39, 0.29) is 12.6 Å². The zero-order chi connectivity index (χ0) is 11.3. The summed E-state index contributed by atoms with van der Waals surface area (Å²) in [6.07, 6.45) is 0. The molecule has 0 saturated carbocycles. The Balaban J connectivity index is 2.65. The predicted octanol–water partition coefficient (Wildman–Crippen LogP) is 2.35. The maximum absolute atomic E-state index is 11.2. The van der Waals surface area contributed by atoms with Crippen molar-refractivity contribution in [1.82, 2.24) is 0 Å². The molecule has 3 heteroatoms. The topological polar surface area (TPSA) is 38.3 Å². The van der Waals surface area contributed by atoms with Crippen molar-refractivity contribution >= 4 is 11.7 Å². The molecule has 3 nitrogen and oxygen atoms in total. The van der Waals surface area contributed by atoms with E-state index in [1.165, 1.54) is 0 Å². The van der Waals surface area contributed by atoms with Crippen LogP contribution in [0.25, 0.3) is 0 Å². The molecular weight excluding hydrogens is 190 g/mol. The molecule has 80 valence electrons. The van der Waals surface area contributed by atoms with Crippen LogP contribution in [0.15, 0.2) is 36.4 Å². The Hall–Kier alpha value is -1.77. The fourth-order valence-electron chi connectivity index (χ4n) is 1.16. The van der Waals surface area contributed by atoms with Gasteiger partial charge >= 0.3 is 5.97 Å². The highest BCUT2D eigenvalue weighted by Crippen LogP contribution is 2.15. The average Bonchev–Trinajstić information content (AvgIpc) is 2.26. The Labute approximate surface area is 89.8 Å². The molecule has 1 aromatic rings. The van der Waals surface area contributed by atoms with Gasteiger partial charge in [0.1, 0.15) is 6.61 Å². The van der Waals surface area contributed by atoms with Crippen LogP contribution in [0.4, 0.5) is 5.69 Å². The lowest BCUT2D eigenvalue weighted by molar-refractivity contribution is -0.140. The molecule has 0 aromatic heterocycles. The van der Waals surface area contributed by atoms with Crippen LogP contribution in [0.5, 0.6) is 0 Å². The molecule has 0 saturated heterocycles. The molecule has 0 unspecified atom stereocenters. The van der Waals surface area contributed by atoms with Crippen molar-refractivity contribution in [2.45, 2.75) is 13.5 Å². The molecule has 0 spiro atoms. The van der Waals surface area contributed by atoms with Gasteiger partial charge in [-0.15, -0.1) is 0 Å². The Morgan fingerprint density at radius 1 is 1.47 bits per heavy atom. The van der Waals surface area contributed by atoms with Gasteiger partial charge in [-0.25, -0.2) is 4.79 Å². The van der Waals surface area contributed by atoms with E-state index in [2.05, 4.69) is 11.9 Å². The molecule has 0 bridgehead atoms. The molecule has 1 N–H and O–H groups in total. The first-order valence-corrected chi connectivity index (χ1v) is 4.73.